The molecule has 48 valence electrons. The quantitative estimate of drug-likeness (QED) is 0.454. The molecule has 0 aromatic heterocycles. The Hall–Kier alpha value is 1.02. The van der Waals surface area contributed by atoms with E-state index in [2.05, 4.69) is 22.6 Å². The fourth-order valence-electron chi connectivity index (χ4n) is 1.04. The van der Waals surface area contributed by atoms with E-state index in [1.807, 2.05) is 0 Å². The molecule has 0 nitrogen and oxygen atoms in total. The molecule has 0 saturated heterocycles. The molecule has 2 heteroatoms. The Morgan fingerprint density at radius 2 is 1.88 bits per heavy atom. The third kappa shape index (κ3) is 1.76. The smallest absolute Gasteiger partial charge is 0.0453 e. The fourth-order valence-corrected chi connectivity index (χ4v) is 2.12. The highest BCUT2D eigenvalue weighted by Gasteiger charge is 2.19. The molecule has 1 rings (SSSR count). The van der Waals surface area contributed by atoms with Crippen LogP contribution in [0.25, 0.3) is 0 Å². The van der Waals surface area contributed by atoms with E-state index in [-0.39, 0.29) is 0 Å². The summed E-state index contributed by atoms with van der Waals surface area (Å²) in [5.41, 5.74) is 0. The average Bonchev–Trinajstić information content (AvgIpc) is 1.77. The maximum absolute atomic E-state index is 5.96. The zero-order chi connectivity index (χ0) is 5.98. The molecule has 0 bridgehead atoms. The summed E-state index contributed by atoms with van der Waals surface area (Å²) >= 11 is 8.41. The molecule has 0 radical (unpaired) electrons. The Labute approximate surface area is 69.1 Å². The maximum Gasteiger partial charge on any atom is 0.0453 e. The largest absolute Gasteiger partial charge is 0.122 e. The Kier molecular flexibility index (Phi) is 2.90. The van der Waals surface area contributed by atoms with Crippen molar-refractivity contribution in [3.8, 4) is 0 Å². The summed E-state index contributed by atoms with van der Waals surface area (Å²) in [5, 5.41) is 0.462. The first kappa shape index (κ1) is 7.13. The second-order valence-electron chi connectivity index (χ2n) is 2.32. The molecular formula is C6H10ClI. The van der Waals surface area contributed by atoms with Gasteiger partial charge in [0, 0.05) is 9.30 Å². The zero-order valence-electron chi connectivity index (χ0n) is 4.74. The van der Waals surface area contributed by atoms with Gasteiger partial charge in [0.15, 0.2) is 0 Å². The molecule has 1 aliphatic rings. The van der Waals surface area contributed by atoms with Crippen molar-refractivity contribution in [3.63, 3.8) is 0 Å². The second-order valence-corrected chi connectivity index (χ2v) is 4.48. The minimum Gasteiger partial charge on any atom is -0.122 e. The van der Waals surface area contributed by atoms with Crippen molar-refractivity contribution in [2.75, 3.05) is 0 Å². The van der Waals surface area contributed by atoms with Crippen LogP contribution in [0.4, 0.5) is 0 Å². The van der Waals surface area contributed by atoms with Crippen LogP contribution in [0.2, 0.25) is 0 Å². The predicted molar refractivity (Wildman–Crippen MR) is 45.9 cm³/mol. The van der Waals surface area contributed by atoms with Crippen LogP contribution in [0.3, 0.4) is 0 Å². The Morgan fingerprint density at radius 1 is 1.25 bits per heavy atom. The number of hydrogen-bond donors (Lipinski definition) is 0. The van der Waals surface area contributed by atoms with Gasteiger partial charge in [-0.25, -0.2) is 0 Å². The van der Waals surface area contributed by atoms with Crippen LogP contribution in [0.1, 0.15) is 25.7 Å². The monoisotopic (exact) mass is 244 g/mol. The van der Waals surface area contributed by atoms with E-state index in [1.54, 1.807) is 0 Å². The molecular weight excluding hydrogens is 234 g/mol. The van der Waals surface area contributed by atoms with E-state index in [0.29, 0.717) is 5.38 Å². The van der Waals surface area contributed by atoms with Gasteiger partial charge in [-0.3, -0.25) is 0 Å². The normalized spacial score (nSPS) is 39.8. The van der Waals surface area contributed by atoms with Crippen molar-refractivity contribution in [2.45, 2.75) is 35.0 Å². The summed E-state index contributed by atoms with van der Waals surface area (Å²) in [6.07, 6.45) is 5.29. The van der Waals surface area contributed by atoms with Crippen molar-refractivity contribution >= 4 is 34.2 Å². The van der Waals surface area contributed by atoms with Crippen LogP contribution >= 0.6 is 34.2 Å². The van der Waals surface area contributed by atoms with Crippen molar-refractivity contribution in [1.82, 2.24) is 0 Å². The maximum atomic E-state index is 5.96. The second kappa shape index (κ2) is 3.25. The standard InChI is InChI=1S/C6H10ClI/c7-5-3-1-2-4-6(5)8/h5-6H,1-4H2. The van der Waals surface area contributed by atoms with Gasteiger partial charge in [0.25, 0.3) is 0 Å². The predicted octanol–water partition coefficient (Wildman–Crippen LogP) is 2.97. The Balaban J connectivity index is 2.28. The van der Waals surface area contributed by atoms with Crippen molar-refractivity contribution in [2.24, 2.45) is 0 Å². The van der Waals surface area contributed by atoms with E-state index < -0.39 is 0 Å². The molecule has 0 amide bonds. The molecule has 2 unspecified atom stereocenters. The van der Waals surface area contributed by atoms with E-state index >= 15 is 0 Å². The summed E-state index contributed by atoms with van der Waals surface area (Å²) < 4.78 is 0.739. The number of rotatable bonds is 0. The van der Waals surface area contributed by atoms with Gasteiger partial charge in [0.05, 0.1) is 0 Å². The van der Waals surface area contributed by atoms with E-state index in [1.165, 1.54) is 25.7 Å². The summed E-state index contributed by atoms with van der Waals surface area (Å²) in [7, 11) is 0. The van der Waals surface area contributed by atoms with Gasteiger partial charge >= 0.3 is 0 Å². The molecule has 0 N–H and O–H groups in total. The molecule has 2 atom stereocenters. The zero-order valence-corrected chi connectivity index (χ0v) is 7.65. The molecule has 8 heavy (non-hydrogen) atoms. The SMILES string of the molecule is ClC1CCCCC1I. The first-order valence-electron chi connectivity index (χ1n) is 3.09. The highest BCUT2D eigenvalue weighted by molar-refractivity contribution is 14.1. The van der Waals surface area contributed by atoms with Crippen LogP contribution in [0, 0.1) is 0 Å². The van der Waals surface area contributed by atoms with Gasteiger partial charge in [0.1, 0.15) is 0 Å². The molecule has 0 spiro atoms. The molecule has 1 fully saturated rings. The Morgan fingerprint density at radius 3 is 2.25 bits per heavy atom. The fraction of sp³-hybridized carbons (Fsp3) is 1.00. The lowest BCUT2D eigenvalue weighted by molar-refractivity contribution is 0.534. The molecule has 0 aromatic carbocycles. The van der Waals surface area contributed by atoms with Crippen LogP contribution in [-0.2, 0) is 0 Å². The number of hydrogen-bond acceptors (Lipinski definition) is 0. The first-order valence-corrected chi connectivity index (χ1v) is 4.77. The lowest BCUT2D eigenvalue weighted by Crippen LogP contribution is -2.18. The molecule has 1 aliphatic carbocycles. The number of alkyl halides is 2. The molecule has 0 aromatic rings. The van der Waals surface area contributed by atoms with Gasteiger partial charge in [-0.1, -0.05) is 35.4 Å². The van der Waals surface area contributed by atoms with Gasteiger partial charge in [-0.2, -0.15) is 0 Å². The summed E-state index contributed by atoms with van der Waals surface area (Å²) in [6, 6.07) is 0. The van der Waals surface area contributed by atoms with Gasteiger partial charge in [-0.15, -0.1) is 11.6 Å². The summed E-state index contributed by atoms with van der Waals surface area (Å²) in [4.78, 5) is 0. The Bertz CT molecular complexity index is 64.9. The van der Waals surface area contributed by atoms with Crippen LogP contribution in [0.15, 0.2) is 0 Å². The third-order valence-electron chi connectivity index (χ3n) is 1.60. The van der Waals surface area contributed by atoms with E-state index in [4.69, 9.17) is 11.6 Å². The molecule has 0 aliphatic heterocycles. The summed E-state index contributed by atoms with van der Waals surface area (Å²) in [6.45, 7) is 0. The summed E-state index contributed by atoms with van der Waals surface area (Å²) in [5.74, 6) is 0. The highest BCUT2D eigenvalue weighted by Crippen LogP contribution is 2.28. The van der Waals surface area contributed by atoms with Crippen LogP contribution in [0.5, 0.6) is 0 Å². The van der Waals surface area contributed by atoms with Crippen molar-refractivity contribution in [1.29, 1.82) is 0 Å². The lowest BCUT2D eigenvalue weighted by Gasteiger charge is -2.21. The molecule has 0 heterocycles. The minimum absolute atomic E-state index is 0.462. The first-order chi connectivity index (χ1) is 3.80. The number of halogens is 2. The minimum atomic E-state index is 0.462. The topological polar surface area (TPSA) is 0 Å². The van der Waals surface area contributed by atoms with Gasteiger partial charge in [-0.05, 0) is 12.8 Å². The van der Waals surface area contributed by atoms with E-state index in [9.17, 15) is 0 Å². The van der Waals surface area contributed by atoms with Gasteiger partial charge in [0.2, 0.25) is 0 Å². The van der Waals surface area contributed by atoms with Crippen molar-refractivity contribution in [3.05, 3.63) is 0 Å². The van der Waals surface area contributed by atoms with Gasteiger partial charge < -0.3 is 0 Å². The highest BCUT2D eigenvalue weighted by atomic mass is 127. The lowest BCUT2D eigenvalue weighted by atomic mass is 10.0. The molecule has 1 saturated carbocycles. The average molecular weight is 245 g/mol. The van der Waals surface area contributed by atoms with Crippen LogP contribution < -0.4 is 0 Å². The van der Waals surface area contributed by atoms with Crippen molar-refractivity contribution < 1.29 is 0 Å². The van der Waals surface area contributed by atoms with E-state index in [0.717, 1.165) is 3.92 Å². The third-order valence-corrected chi connectivity index (χ3v) is 4.04. The van der Waals surface area contributed by atoms with Crippen LogP contribution in [-0.4, -0.2) is 9.30 Å².